The fraction of sp³-hybridized carbons (Fsp3) is 0.892. The Balaban J connectivity index is 1.89. The Kier molecular flexibility index (Phi) is 13.0. The molecule has 0 aromatic rings. The van der Waals surface area contributed by atoms with E-state index >= 15 is 0 Å². The molecule has 9 atom stereocenters. The van der Waals surface area contributed by atoms with Gasteiger partial charge in [0.2, 0.25) is 0 Å². The van der Waals surface area contributed by atoms with Crippen molar-refractivity contribution in [3.8, 4) is 0 Å². The maximum Gasteiger partial charge on any atom is -0.0137 e. The normalized spacial score (nSPS) is 30.2. The van der Waals surface area contributed by atoms with E-state index in [1.807, 2.05) is 0 Å². The first kappa shape index (κ1) is 32.7. The van der Waals surface area contributed by atoms with E-state index in [1.54, 1.807) is 11.1 Å². The molecule has 0 aromatic carbocycles. The number of fused-ring (bicyclic) bond motifs is 1. The molecule has 0 heteroatoms. The Morgan fingerprint density at radius 1 is 0.757 bits per heavy atom. The Morgan fingerprint density at radius 2 is 1.24 bits per heavy atom. The van der Waals surface area contributed by atoms with Gasteiger partial charge in [-0.3, -0.25) is 0 Å². The summed E-state index contributed by atoms with van der Waals surface area (Å²) in [5.41, 5.74) is 4.13. The fourth-order valence-electron chi connectivity index (χ4n) is 8.19. The van der Waals surface area contributed by atoms with E-state index in [-0.39, 0.29) is 0 Å². The van der Waals surface area contributed by atoms with Gasteiger partial charge >= 0.3 is 0 Å². The molecule has 9 unspecified atom stereocenters. The van der Waals surface area contributed by atoms with E-state index in [1.165, 1.54) is 96.3 Å². The summed E-state index contributed by atoms with van der Waals surface area (Å²) in [7, 11) is 0. The molecule has 0 radical (unpaired) electrons. The zero-order chi connectivity index (χ0) is 27.8. The van der Waals surface area contributed by atoms with Crippen molar-refractivity contribution in [2.75, 3.05) is 0 Å². The molecule has 0 spiro atoms. The molecule has 0 saturated heterocycles. The molecule has 2 aliphatic rings. The number of allylic oxidation sites excluding steroid dienone is 2. The predicted octanol–water partition coefficient (Wildman–Crippen LogP) is 12.4. The maximum absolute atomic E-state index is 4.72. The zero-order valence-corrected chi connectivity index (χ0v) is 27.1. The summed E-state index contributed by atoms with van der Waals surface area (Å²) in [6.45, 7) is 31.8. The van der Waals surface area contributed by atoms with Crippen LogP contribution in [0.4, 0.5) is 0 Å². The van der Waals surface area contributed by atoms with Crippen molar-refractivity contribution < 1.29 is 0 Å². The number of hydrogen-bond donors (Lipinski definition) is 0. The van der Waals surface area contributed by atoms with Gasteiger partial charge < -0.3 is 0 Å². The van der Waals surface area contributed by atoms with Gasteiger partial charge in [0, 0.05) is 0 Å². The van der Waals surface area contributed by atoms with Crippen molar-refractivity contribution >= 4 is 0 Å². The average Bonchev–Trinajstić information content (AvgIpc) is 2.90. The molecule has 0 heterocycles. The SMILES string of the molecule is C=C1C(C)C(CCC(C)C(C)(CC)CCCC(C)C(C)(CC)CCCC(C)CC)C(=C)C2CCCCC12. The second kappa shape index (κ2) is 14.7. The van der Waals surface area contributed by atoms with Gasteiger partial charge in [-0.1, -0.05) is 144 Å². The minimum Gasteiger partial charge on any atom is -0.0993 e. The Hall–Kier alpha value is -0.520. The van der Waals surface area contributed by atoms with Crippen LogP contribution in [0.15, 0.2) is 24.3 Å². The molecule has 0 aliphatic heterocycles. The summed E-state index contributed by atoms with van der Waals surface area (Å²) in [5.74, 6) is 5.24. The summed E-state index contributed by atoms with van der Waals surface area (Å²) in [4.78, 5) is 0. The van der Waals surface area contributed by atoms with Gasteiger partial charge in [-0.15, -0.1) is 0 Å². The summed E-state index contributed by atoms with van der Waals surface area (Å²) in [6.07, 6.45) is 20.5. The first-order valence-electron chi connectivity index (χ1n) is 16.8. The van der Waals surface area contributed by atoms with Crippen molar-refractivity contribution in [3.05, 3.63) is 24.3 Å². The summed E-state index contributed by atoms with van der Waals surface area (Å²) in [6, 6.07) is 0. The van der Waals surface area contributed by atoms with Crippen LogP contribution in [0.5, 0.6) is 0 Å². The predicted molar refractivity (Wildman–Crippen MR) is 168 cm³/mol. The lowest BCUT2D eigenvalue weighted by Gasteiger charge is -2.47. The first-order chi connectivity index (χ1) is 17.4. The van der Waals surface area contributed by atoms with E-state index in [0.29, 0.717) is 22.7 Å². The smallest absolute Gasteiger partial charge is 0.0137 e. The Bertz CT molecular complexity index is 701. The summed E-state index contributed by atoms with van der Waals surface area (Å²) in [5, 5.41) is 0. The van der Waals surface area contributed by atoms with Gasteiger partial charge in [-0.25, -0.2) is 0 Å². The van der Waals surface area contributed by atoms with E-state index < -0.39 is 0 Å². The number of rotatable bonds is 16. The second-order valence-corrected chi connectivity index (χ2v) is 14.7. The molecular formula is C37H68. The lowest BCUT2D eigenvalue weighted by atomic mass is 9.58. The van der Waals surface area contributed by atoms with Gasteiger partial charge in [-0.2, -0.15) is 0 Å². The summed E-state index contributed by atoms with van der Waals surface area (Å²) < 4.78 is 0. The monoisotopic (exact) mass is 513 g/mol. The average molecular weight is 513 g/mol. The third kappa shape index (κ3) is 8.24. The molecular weight excluding hydrogens is 444 g/mol. The minimum atomic E-state index is 0.461. The lowest BCUT2D eigenvalue weighted by molar-refractivity contribution is 0.121. The van der Waals surface area contributed by atoms with Crippen LogP contribution < -0.4 is 0 Å². The molecule has 0 amide bonds. The standard InChI is InChI=1S/C37H68/c1-12-27(4)19-17-25-36(10,13-2)28(5)20-18-26-37(11,14-3)29(6)23-24-33-30(7)31(8)34-21-15-16-22-35(34)32(33)9/h27-30,33-35H,8-9,12-26H2,1-7,10-11H3. The third-order valence-electron chi connectivity index (χ3n) is 12.8. The highest BCUT2D eigenvalue weighted by molar-refractivity contribution is 5.26. The highest BCUT2D eigenvalue weighted by Crippen LogP contribution is 2.52. The van der Waals surface area contributed by atoms with E-state index in [4.69, 9.17) is 6.58 Å². The van der Waals surface area contributed by atoms with Crippen LogP contribution in [-0.4, -0.2) is 0 Å². The van der Waals surface area contributed by atoms with Crippen LogP contribution in [0.2, 0.25) is 0 Å². The molecule has 2 fully saturated rings. The molecule has 2 aliphatic carbocycles. The van der Waals surface area contributed by atoms with Crippen LogP contribution in [-0.2, 0) is 0 Å². The van der Waals surface area contributed by atoms with Crippen LogP contribution >= 0.6 is 0 Å². The van der Waals surface area contributed by atoms with Gasteiger partial charge in [0.25, 0.3) is 0 Å². The van der Waals surface area contributed by atoms with Crippen molar-refractivity contribution in [1.82, 2.24) is 0 Å². The molecule has 37 heavy (non-hydrogen) atoms. The van der Waals surface area contributed by atoms with Crippen molar-refractivity contribution in [2.24, 2.45) is 52.3 Å². The van der Waals surface area contributed by atoms with Gasteiger partial charge in [-0.05, 0) is 90.8 Å². The lowest BCUT2D eigenvalue weighted by Crippen LogP contribution is -2.37. The maximum atomic E-state index is 4.72. The molecule has 0 bridgehead atoms. The highest BCUT2D eigenvalue weighted by atomic mass is 14.5. The quantitative estimate of drug-likeness (QED) is 0.180. The van der Waals surface area contributed by atoms with E-state index in [0.717, 1.165) is 29.6 Å². The number of hydrogen-bond acceptors (Lipinski definition) is 0. The van der Waals surface area contributed by atoms with Crippen molar-refractivity contribution in [2.45, 2.75) is 159 Å². The van der Waals surface area contributed by atoms with Crippen molar-refractivity contribution in [3.63, 3.8) is 0 Å². The highest BCUT2D eigenvalue weighted by Gasteiger charge is 2.41. The molecule has 216 valence electrons. The zero-order valence-electron chi connectivity index (χ0n) is 27.1. The summed E-state index contributed by atoms with van der Waals surface area (Å²) >= 11 is 0. The van der Waals surface area contributed by atoms with Crippen molar-refractivity contribution in [1.29, 1.82) is 0 Å². The third-order valence-corrected chi connectivity index (χ3v) is 12.8. The first-order valence-corrected chi connectivity index (χ1v) is 16.8. The largest absolute Gasteiger partial charge is 0.0993 e. The van der Waals surface area contributed by atoms with Crippen LogP contribution in [0.1, 0.15) is 159 Å². The topological polar surface area (TPSA) is 0 Å². The van der Waals surface area contributed by atoms with Gasteiger partial charge in [0.15, 0.2) is 0 Å². The Morgan fingerprint density at radius 3 is 1.76 bits per heavy atom. The van der Waals surface area contributed by atoms with Gasteiger partial charge in [0.1, 0.15) is 0 Å². The molecule has 0 aromatic heterocycles. The molecule has 0 N–H and O–H groups in total. The van der Waals surface area contributed by atoms with Crippen LogP contribution in [0, 0.1) is 52.3 Å². The Labute approximate surface area is 234 Å². The second-order valence-electron chi connectivity index (χ2n) is 14.7. The van der Waals surface area contributed by atoms with Crippen LogP contribution in [0.3, 0.4) is 0 Å². The molecule has 0 nitrogen and oxygen atoms in total. The molecule has 2 rings (SSSR count). The van der Waals surface area contributed by atoms with Gasteiger partial charge in [0.05, 0.1) is 0 Å². The van der Waals surface area contributed by atoms with E-state index in [2.05, 4.69) is 68.9 Å². The van der Waals surface area contributed by atoms with E-state index in [9.17, 15) is 0 Å². The molecule has 2 saturated carbocycles. The fourth-order valence-corrected chi connectivity index (χ4v) is 8.19. The minimum absolute atomic E-state index is 0.461. The van der Waals surface area contributed by atoms with Crippen LogP contribution in [0.25, 0.3) is 0 Å².